The maximum atomic E-state index is 12.1. The number of carbonyl (C=O) groups is 1. The summed E-state index contributed by atoms with van der Waals surface area (Å²) >= 11 is 0. The molecule has 1 aromatic heterocycles. The van der Waals surface area contributed by atoms with Gasteiger partial charge in [-0.05, 0) is 12.5 Å². The highest BCUT2D eigenvalue weighted by Crippen LogP contribution is 2.14. The van der Waals surface area contributed by atoms with E-state index >= 15 is 0 Å². The summed E-state index contributed by atoms with van der Waals surface area (Å²) in [4.78, 5) is 12.1. The van der Waals surface area contributed by atoms with Crippen LogP contribution < -0.4 is 5.32 Å². The molecule has 0 fully saturated rings. The lowest BCUT2D eigenvalue weighted by Crippen LogP contribution is -2.32. The van der Waals surface area contributed by atoms with E-state index in [0.717, 1.165) is 5.56 Å². The zero-order valence-corrected chi connectivity index (χ0v) is 12.4. The SMILES string of the molecule is CCOC(=O)C(NCCn1cc(C#N)cn1)c1ccccc1. The number of esters is 1. The molecule has 1 atom stereocenters. The standard InChI is InChI=1S/C16H18N4O2/c1-2-22-16(21)15(14-6-4-3-5-7-14)18-8-9-20-12-13(10-17)11-19-20/h3-7,11-12,15,18H,2,8-9H2,1H3. The molecule has 6 heteroatoms. The first-order valence-electron chi connectivity index (χ1n) is 7.12. The lowest BCUT2D eigenvalue weighted by atomic mass is 10.1. The number of rotatable bonds is 7. The van der Waals surface area contributed by atoms with Crippen LogP contribution in [0.5, 0.6) is 0 Å². The van der Waals surface area contributed by atoms with Crippen LogP contribution in [0.15, 0.2) is 42.7 Å². The van der Waals surface area contributed by atoms with E-state index in [4.69, 9.17) is 10.00 Å². The highest BCUT2D eigenvalue weighted by atomic mass is 16.5. The molecule has 2 aromatic rings. The predicted octanol–water partition coefficient (Wildman–Crippen LogP) is 1.65. The Morgan fingerprint density at radius 3 is 2.86 bits per heavy atom. The summed E-state index contributed by atoms with van der Waals surface area (Å²) in [6.45, 7) is 3.22. The maximum absolute atomic E-state index is 12.1. The van der Waals surface area contributed by atoms with Crippen LogP contribution in [-0.2, 0) is 16.1 Å². The van der Waals surface area contributed by atoms with Crippen molar-refractivity contribution in [3.05, 3.63) is 53.9 Å². The van der Waals surface area contributed by atoms with Gasteiger partial charge in [-0.25, -0.2) is 4.79 Å². The van der Waals surface area contributed by atoms with Gasteiger partial charge in [-0.15, -0.1) is 0 Å². The van der Waals surface area contributed by atoms with Gasteiger partial charge in [0, 0.05) is 12.7 Å². The maximum Gasteiger partial charge on any atom is 0.327 e. The van der Waals surface area contributed by atoms with Crippen LogP contribution in [0.25, 0.3) is 0 Å². The normalized spacial score (nSPS) is 11.6. The van der Waals surface area contributed by atoms with Crippen molar-refractivity contribution in [2.75, 3.05) is 13.2 Å². The van der Waals surface area contributed by atoms with Gasteiger partial charge in [-0.2, -0.15) is 10.4 Å². The summed E-state index contributed by atoms with van der Waals surface area (Å²) in [6, 6.07) is 11.0. The van der Waals surface area contributed by atoms with E-state index in [0.29, 0.717) is 25.3 Å². The third-order valence-electron chi connectivity index (χ3n) is 3.11. The minimum Gasteiger partial charge on any atom is -0.465 e. The van der Waals surface area contributed by atoms with Gasteiger partial charge in [0.05, 0.1) is 24.9 Å². The van der Waals surface area contributed by atoms with E-state index in [1.54, 1.807) is 17.8 Å². The minimum absolute atomic E-state index is 0.299. The monoisotopic (exact) mass is 298 g/mol. The Kier molecular flexibility index (Phi) is 5.69. The first-order valence-corrected chi connectivity index (χ1v) is 7.12. The first-order chi connectivity index (χ1) is 10.7. The highest BCUT2D eigenvalue weighted by molar-refractivity contribution is 5.77. The van der Waals surface area contributed by atoms with Gasteiger partial charge in [0.2, 0.25) is 0 Å². The van der Waals surface area contributed by atoms with Crippen LogP contribution in [0.4, 0.5) is 0 Å². The van der Waals surface area contributed by atoms with Crippen LogP contribution in [0.2, 0.25) is 0 Å². The molecule has 0 bridgehead atoms. The lowest BCUT2D eigenvalue weighted by Gasteiger charge is -2.17. The molecule has 1 N–H and O–H groups in total. The fourth-order valence-electron chi connectivity index (χ4n) is 2.08. The average molecular weight is 298 g/mol. The molecule has 2 rings (SSSR count). The second kappa shape index (κ2) is 7.96. The Hall–Kier alpha value is -2.65. The van der Waals surface area contributed by atoms with Crippen molar-refractivity contribution in [2.45, 2.75) is 19.5 Å². The molecule has 0 aliphatic carbocycles. The highest BCUT2D eigenvalue weighted by Gasteiger charge is 2.20. The average Bonchev–Trinajstić information content (AvgIpc) is 3.00. The van der Waals surface area contributed by atoms with Crippen molar-refractivity contribution in [3.63, 3.8) is 0 Å². The van der Waals surface area contributed by atoms with E-state index in [1.807, 2.05) is 36.4 Å². The van der Waals surface area contributed by atoms with Crippen LogP contribution in [0.3, 0.4) is 0 Å². The summed E-state index contributed by atoms with van der Waals surface area (Å²) in [5.74, 6) is -0.299. The number of nitrogens with one attached hydrogen (secondary N) is 1. The van der Waals surface area contributed by atoms with Gasteiger partial charge in [0.25, 0.3) is 0 Å². The molecular formula is C16H18N4O2. The third-order valence-corrected chi connectivity index (χ3v) is 3.11. The van der Waals surface area contributed by atoms with Crippen molar-refractivity contribution < 1.29 is 9.53 Å². The van der Waals surface area contributed by atoms with Crippen LogP contribution in [0.1, 0.15) is 24.1 Å². The molecule has 0 saturated carbocycles. The van der Waals surface area contributed by atoms with Crippen molar-refractivity contribution in [1.82, 2.24) is 15.1 Å². The number of carbonyl (C=O) groups excluding carboxylic acids is 1. The lowest BCUT2D eigenvalue weighted by molar-refractivity contribution is -0.145. The predicted molar refractivity (Wildman–Crippen MR) is 80.8 cm³/mol. The summed E-state index contributed by atoms with van der Waals surface area (Å²) in [7, 11) is 0. The molecule has 0 aliphatic rings. The molecule has 114 valence electrons. The Bertz CT molecular complexity index is 646. The number of hydrogen-bond acceptors (Lipinski definition) is 5. The number of nitriles is 1. The number of hydrogen-bond donors (Lipinski definition) is 1. The van der Waals surface area contributed by atoms with Gasteiger partial charge in [-0.3, -0.25) is 10.00 Å². The van der Waals surface area contributed by atoms with Gasteiger partial charge in [-0.1, -0.05) is 30.3 Å². The first kappa shape index (κ1) is 15.7. The topological polar surface area (TPSA) is 79.9 Å². The summed E-state index contributed by atoms with van der Waals surface area (Å²) in [6.07, 6.45) is 3.18. The van der Waals surface area contributed by atoms with Crippen LogP contribution in [0, 0.1) is 11.3 Å². The Balaban J connectivity index is 1.98. The molecule has 1 heterocycles. The van der Waals surface area contributed by atoms with Crippen molar-refractivity contribution >= 4 is 5.97 Å². The van der Waals surface area contributed by atoms with Crippen molar-refractivity contribution in [3.8, 4) is 6.07 Å². The van der Waals surface area contributed by atoms with E-state index < -0.39 is 6.04 Å². The van der Waals surface area contributed by atoms with E-state index in [-0.39, 0.29) is 5.97 Å². The minimum atomic E-state index is -0.507. The Labute approximate surface area is 129 Å². The third kappa shape index (κ3) is 4.17. The summed E-state index contributed by atoms with van der Waals surface area (Å²) in [5.41, 5.74) is 1.38. The van der Waals surface area contributed by atoms with E-state index in [9.17, 15) is 4.79 Å². The number of benzene rings is 1. The zero-order valence-electron chi connectivity index (χ0n) is 12.4. The molecule has 6 nitrogen and oxygen atoms in total. The largest absolute Gasteiger partial charge is 0.465 e. The fraction of sp³-hybridized carbons (Fsp3) is 0.312. The molecule has 22 heavy (non-hydrogen) atoms. The number of ether oxygens (including phenoxy) is 1. The quantitative estimate of drug-likeness (QED) is 0.786. The molecule has 0 spiro atoms. The van der Waals surface area contributed by atoms with E-state index in [1.165, 1.54) is 6.20 Å². The van der Waals surface area contributed by atoms with Gasteiger partial charge >= 0.3 is 5.97 Å². The summed E-state index contributed by atoms with van der Waals surface area (Å²) < 4.78 is 6.78. The molecule has 0 amide bonds. The Morgan fingerprint density at radius 1 is 1.45 bits per heavy atom. The van der Waals surface area contributed by atoms with Gasteiger partial charge in [0.15, 0.2) is 0 Å². The fourth-order valence-corrected chi connectivity index (χ4v) is 2.08. The molecule has 0 radical (unpaired) electrons. The zero-order chi connectivity index (χ0) is 15.8. The molecule has 0 saturated heterocycles. The smallest absolute Gasteiger partial charge is 0.327 e. The second-order valence-electron chi connectivity index (χ2n) is 4.65. The molecule has 0 aliphatic heterocycles. The number of aromatic nitrogens is 2. The Morgan fingerprint density at radius 2 is 2.23 bits per heavy atom. The van der Waals surface area contributed by atoms with Gasteiger partial charge < -0.3 is 4.74 Å². The van der Waals surface area contributed by atoms with Crippen LogP contribution in [-0.4, -0.2) is 28.9 Å². The summed E-state index contributed by atoms with van der Waals surface area (Å²) in [5, 5.41) is 16.0. The van der Waals surface area contributed by atoms with E-state index in [2.05, 4.69) is 10.4 Å². The van der Waals surface area contributed by atoms with Crippen molar-refractivity contribution in [2.24, 2.45) is 0 Å². The molecule has 1 aromatic carbocycles. The second-order valence-corrected chi connectivity index (χ2v) is 4.65. The van der Waals surface area contributed by atoms with Crippen LogP contribution >= 0.6 is 0 Å². The molecular weight excluding hydrogens is 280 g/mol. The van der Waals surface area contributed by atoms with Crippen molar-refractivity contribution in [1.29, 1.82) is 5.26 Å². The number of nitrogens with zero attached hydrogens (tertiary/aromatic N) is 3. The molecule has 1 unspecified atom stereocenters. The van der Waals surface area contributed by atoms with Gasteiger partial charge in [0.1, 0.15) is 12.1 Å².